The van der Waals surface area contributed by atoms with Gasteiger partial charge in [0.1, 0.15) is 6.61 Å². The minimum Gasteiger partial charge on any atom is -0.462 e. The lowest BCUT2D eigenvalue weighted by atomic mass is 10.0. The zero-order valence-electron chi connectivity index (χ0n) is 39.0. The molecule has 0 saturated carbocycles. The number of hydrogen-bond donors (Lipinski definition) is 1. The molecule has 0 aliphatic carbocycles. The predicted octanol–water partition coefficient (Wildman–Crippen LogP) is 16.7. The Labute approximate surface area is 366 Å². The molecule has 1 unspecified atom stereocenters. The van der Waals surface area contributed by atoms with Crippen molar-refractivity contribution in [3.63, 3.8) is 0 Å². The third kappa shape index (κ3) is 48.1. The quantitative estimate of drug-likeness (QED) is 0.0376. The molecular weight excluding hydrogens is 729 g/mol. The van der Waals surface area contributed by atoms with E-state index in [1.54, 1.807) is 0 Å². The molecule has 342 valence electrons. The van der Waals surface area contributed by atoms with E-state index >= 15 is 0 Å². The Balaban J connectivity index is 3.50. The van der Waals surface area contributed by atoms with Gasteiger partial charge in [-0.2, -0.15) is 0 Å². The highest BCUT2D eigenvalue weighted by molar-refractivity contribution is 5.70. The first kappa shape index (κ1) is 56.6. The molecule has 0 rings (SSSR count). The second-order valence-corrected chi connectivity index (χ2v) is 16.9. The summed E-state index contributed by atoms with van der Waals surface area (Å²) in [5, 5.41) is 9.62. The van der Waals surface area contributed by atoms with E-state index in [0.29, 0.717) is 12.8 Å². The highest BCUT2D eigenvalue weighted by atomic mass is 16.6. The molecule has 0 bridgehead atoms. The molecule has 1 atom stereocenters. The van der Waals surface area contributed by atoms with Crippen LogP contribution in [0.3, 0.4) is 0 Å². The SMILES string of the molecule is CC/C=C\C/C=C\C/C=C\C/C=C\C/C=C\CCCCCCCCCCCCCC(=O)OC(CO)COC(=O)CCCCCCCCCCCCCCCCCCCC. The molecule has 0 aliphatic heterocycles. The maximum absolute atomic E-state index is 12.3. The van der Waals surface area contributed by atoms with Crippen molar-refractivity contribution >= 4 is 11.9 Å². The van der Waals surface area contributed by atoms with Gasteiger partial charge in [-0.05, 0) is 57.8 Å². The molecule has 0 aromatic rings. The Morgan fingerprint density at radius 3 is 1.10 bits per heavy atom. The van der Waals surface area contributed by atoms with E-state index in [2.05, 4.69) is 74.6 Å². The summed E-state index contributed by atoms with van der Waals surface area (Å²) in [6, 6.07) is 0. The summed E-state index contributed by atoms with van der Waals surface area (Å²) in [5.74, 6) is -0.585. The number of allylic oxidation sites excluding steroid dienone is 10. The lowest BCUT2D eigenvalue weighted by molar-refractivity contribution is -0.161. The van der Waals surface area contributed by atoms with E-state index in [0.717, 1.165) is 70.6 Å². The Morgan fingerprint density at radius 2 is 0.729 bits per heavy atom. The van der Waals surface area contributed by atoms with Gasteiger partial charge in [0.05, 0.1) is 6.61 Å². The van der Waals surface area contributed by atoms with Crippen LogP contribution in [0.1, 0.15) is 251 Å². The van der Waals surface area contributed by atoms with Crippen LogP contribution in [0.25, 0.3) is 0 Å². The number of carbonyl (C=O) groups is 2. The van der Waals surface area contributed by atoms with Crippen LogP contribution in [0.4, 0.5) is 0 Å². The van der Waals surface area contributed by atoms with Gasteiger partial charge in [-0.1, -0.05) is 242 Å². The van der Waals surface area contributed by atoms with Crippen molar-refractivity contribution in [1.82, 2.24) is 0 Å². The molecule has 0 fully saturated rings. The first-order valence-electron chi connectivity index (χ1n) is 25.3. The summed E-state index contributed by atoms with van der Waals surface area (Å²) in [6.07, 6.45) is 66.0. The average Bonchev–Trinajstić information content (AvgIpc) is 3.24. The lowest BCUT2D eigenvalue weighted by Gasteiger charge is -2.15. The minimum atomic E-state index is -0.773. The molecule has 0 radical (unpaired) electrons. The highest BCUT2D eigenvalue weighted by Gasteiger charge is 2.16. The van der Waals surface area contributed by atoms with Gasteiger partial charge in [-0.25, -0.2) is 0 Å². The van der Waals surface area contributed by atoms with Crippen LogP contribution in [0.2, 0.25) is 0 Å². The maximum atomic E-state index is 12.3. The van der Waals surface area contributed by atoms with Crippen LogP contribution in [-0.2, 0) is 19.1 Å². The predicted molar refractivity (Wildman–Crippen MR) is 256 cm³/mol. The number of esters is 2. The Bertz CT molecular complexity index is 1020. The zero-order chi connectivity index (χ0) is 42.8. The second-order valence-electron chi connectivity index (χ2n) is 16.9. The van der Waals surface area contributed by atoms with Gasteiger partial charge >= 0.3 is 11.9 Å². The first-order chi connectivity index (χ1) is 29.1. The molecule has 1 N–H and O–H groups in total. The van der Waals surface area contributed by atoms with Crippen molar-refractivity contribution in [2.45, 2.75) is 258 Å². The largest absolute Gasteiger partial charge is 0.462 e. The van der Waals surface area contributed by atoms with E-state index in [1.807, 2.05) is 0 Å². The van der Waals surface area contributed by atoms with Gasteiger partial charge in [0.2, 0.25) is 0 Å². The van der Waals surface area contributed by atoms with E-state index in [9.17, 15) is 14.7 Å². The molecule has 0 spiro atoms. The molecular formula is C54H96O5. The molecule has 0 saturated heterocycles. The standard InChI is InChI=1S/C54H96O5/c1-3-5-7-9-11-13-15-17-19-21-23-24-25-26-27-28-29-30-31-33-35-37-39-41-43-45-47-49-54(57)59-52(50-55)51-58-53(56)48-46-44-42-40-38-36-34-32-22-20-18-16-14-12-10-8-6-4-2/h5,7,11,13,17,19,23-24,26-27,52,55H,3-4,6,8-10,12,14-16,18,20-22,25,28-51H2,1-2H3/b7-5-,13-11-,19-17-,24-23-,27-26-. The Hall–Kier alpha value is -2.40. The van der Waals surface area contributed by atoms with Crippen molar-refractivity contribution in [2.75, 3.05) is 13.2 Å². The van der Waals surface area contributed by atoms with Gasteiger partial charge < -0.3 is 14.6 Å². The van der Waals surface area contributed by atoms with Gasteiger partial charge in [0.15, 0.2) is 6.10 Å². The lowest BCUT2D eigenvalue weighted by Crippen LogP contribution is -2.28. The Morgan fingerprint density at radius 1 is 0.407 bits per heavy atom. The monoisotopic (exact) mass is 825 g/mol. The van der Waals surface area contributed by atoms with E-state index in [1.165, 1.54) is 154 Å². The van der Waals surface area contributed by atoms with E-state index < -0.39 is 6.10 Å². The van der Waals surface area contributed by atoms with Crippen molar-refractivity contribution in [1.29, 1.82) is 0 Å². The molecule has 0 aromatic carbocycles. The number of unbranched alkanes of at least 4 members (excludes halogenated alkanes) is 28. The number of hydrogen-bond acceptors (Lipinski definition) is 5. The Kier molecular flexibility index (Phi) is 47.9. The van der Waals surface area contributed by atoms with Crippen LogP contribution in [0.15, 0.2) is 60.8 Å². The second kappa shape index (κ2) is 50.0. The molecule has 0 aliphatic rings. The maximum Gasteiger partial charge on any atom is 0.306 e. The molecule has 0 amide bonds. The molecule has 5 nitrogen and oxygen atoms in total. The number of rotatable bonds is 46. The van der Waals surface area contributed by atoms with Gasteiger partial charge in [-0.3, -0.25) is 9.59 Å². The van der Waals surface area contributed by atoms with Gasteiger partial charge in [0.25, 0.3) is 0 Å². The van der Waals surface area contributed by atoms with Crippen molar-refractivity contribution in [2.24, 2.45) is 0 Å². The fraction of sp³-hybridized carbons (Fsp3) is 0.778. The minimum absolute atomic E-state index is 0.0651. The topological polar surface area (TPSA) is 72.8 Å². The molecule has 5 heteroatoms. The molecule has 0 heterocycles. The molecule has 59 heavy (non-hydrogen) atoms. The number of ether oxygens (including phenoxy) is 2. The summed E-state index contributed by atoms with van der Waals surface area (Å²) < 4.78 is 10.7. The number of aliphatic hydroxyl groups excluding tert-OH is 1. The van der Waals surface area contributed by atoms with Crippen LogP contribution in [0.5, 0.6) is 0 Å². The fourth-order valence-corrected chi connectivity index (χ4v) is 7.29. The third-order valence-electron chi connectivity index (χ3n) is 11.1. The summed E-state index contributed by atoms with van der Waals surface area (Å²) in [5.41, 5.74) is 0. The van der Waals surface area contributed by atoms with E-state index in [-0.39, 0.29) is 25.2 Å². The van der Waals surface area contributed by atoms with Crippen LogP contribution < -0.4 is 0 Å². The van der Waals surface area contributed by atoms with Crippen molar-refractivity contribution < 1.29 is 24.2 Å². The number of carbonyl (C=O) groups excluding carboxylic acids is 2. The van der Waals surface area contributed by atoms with Crippen LogP contribution >= 0.6 is 0 Å². The first-order valence-corrected chi connectivity index (χ1v) is 25.3. The van der Waals surface area contributed by atoms with Gasteiger partial charge in [0, 0.05) is 12.8 Å². The average molecular weight is 825 g/mol. The van der Waals surface area contributed by atoms with Crippen LogP contribution in [0, 0.1) is 0 Å². The van der Waals surface area contributed by atoms with Crippen molar-refractivity contribution in [3.05, 3.63) is 60.8 Å². The third-order valence-corrected chi connectivity index (χ3v) is 11.1. The molecule has 0 aromatic heterocycles. The van der Waals surface area contributed by atoms with Gasteiger partial charge in [-0.15, -0.1) is 0 Å². The van der Waals surface area contributed by atoms with E-state index in [4.69, 9.17) is 9.47 Å². The number of aliphatic hydroxyl groups is 1. The highest BCUT2D eigenvalue weighted by Crippen LogP contribution is 2.16. The summed E-state index contributed by atoms with van der Waals surface area (Å²) in [4.78, 5) is 24.4. The summed E-state index contributed by atoms with van der Waals surface area (Å²) >= 11 is 0. The summed E-state index contributed by atoms with van der Waals surface area (Å²) in [7, 11) is 0. The van der Waals surface area contributed by atoms with Crippen LogP contribution in [-0.4, -0.2) is 36.4 Å². The normalized spacial score (nSPS) is 12.7. The fourth-order valence-electron chi connectivity index (χ4n) is 7.29. The zero-order valence-corrected chi connectivity index (χ0v) is 39.0. The summed E-state index contributed by atoms with van der Waals surface area (Å²) in [6.45, 7) is 4.05. The smallest absolute Gasteiger partial charge is 0.306 e. The van der Waals surface area contributed by atoms with Crippen molar-refractivity contribution in [3.8, 4) is 0 Å².